The fourth-order valence-corrected chi connectivity index (χ4v) is 9.98. The van der Waals surface area contributed by atoms with Crippen LogP contribution in [0.5, 0.6) is 0 Å². The number of piperidine rings is 4. The lowest BCUT2D eigenvalue weighted by molar-refractivity contribution is -0.138. The third kappa shape index (κ3) is 9.95. The second kappa shape index (κ2) is 16.9. The number of amides is 2. The molecule has 4 aliphatic rings. The quantitative estimate of drug-likeness (QED) is 0.158. The summed E-state index contributed by atoms with van der Waals surface area (Å²) in [7, 11) is -4.14. The molecule has 0 bridgehead atoms. The van der Waals surface area contributed by atoms with Crippen molar-refractivity contribution < 1.29 is 45.1 Å². The van der Waals surface area contributed by atoms with E-state index in [0.717, 1.165) is 12.8 Å². The van der Waals surface area contributed by atoms with Crippen LogP contribution < -0.4 is 25.2 Å². The van der Waals surface area contributed by atoms with Crippen molar-refractivity contribution >= 4 is 45.0 Å². The lowest BCUT2D eigenvalue weighted by Gasteiger charge is -2.39. The fourth-order valence-electron chi connectivity index (χ4n) is 8.60. The first kappa shape index (κ1) is 42.7. The normalized spacial score (nSPS) is 25.3. The summed E-state index contributed by atoms with van der Waals surface area (Å²) in [4.78, 5) is 37.2. The van der Waals surface area contributed by atoms with Crippen molar-refractivity contribution in [3.05, 3.63) is 65.1 Å². The largest absolute Gasteiger partial charge is 0.421 e. The van der Waals surface area contributed by atoms with Gasteiger partial charge in [0.2, 0.25) is 27.8 Å². The van der Waals surface area contributed by atoms with E-state index in [9.17, 15) is 36.3 Å². The van der Waals surface area contributed by atoms with E-state index in [1.165, 1.54) is 29.2 Å². The van der Waals surface area contributed by atoms with Crippen LogP contribution in [0.2, 0.25) is 0 Å². The minimum Gasteiger partial charge on any atom is -0.388 e. The number of likely N-dealkylation sites (tertiary alicyclic amines) is 1. The number of imide groups is 1. The van der Waals surface area contributed by atoms with E-state index in [-0.39, 0.29) is 72.9 Å². The molecule has 4 atom stereocenters. The van der Waals surface area contributed by atoms with Crippen LogP contribution in [0.4, 0.5) is 45.1 Å². The van der Waals surface area contributed by atoms with Gasteiger partial charge in [0.25, 0.3) is 0 Å². The van der Waals surface area contributed by atoms with Gasteiger partial charge in [0.1, 0.15) is 23.4 Å². The highest BCUT2D eigenvalue weighted by Gasteiger charge is 2.40. The Bertz CT molecular complexity index is 2170. The number of anilines is 4. The van der Waals surface area contributed by atoms with E-state index in [1.54, 1.807) is 26.0 Å². The summed E-state index contributed by atoms with van der Waals surface area (Å²) in [5.41, 5.74) is -0.439. The molecular formula is C40H49F5N8O5S. The zero-order valence-electron chi connectivity index (χ0n) is 32.9. The van der Waals surface area contributed by atoms with Crippen LogP contribution in [-0.4, -0.2) is 104 Å². The minimum absolute atomic E-state index is 0.0393. The number of benzene rings is 2. The van der Waals surface area contributed by atoms with Crippen molar-refractivity contribution in [2.24, 2.45) is 5.92 Å². The first-order valence-corrected chi connectivity index (χ1v) is 21.4. The molecule has 13 nitrogen and oxygen atoms in total. The summed E-state index contributed by atoms with van der Waals surface area (Å²) < 4.78 is 102. The molecule has 19 heteroatoms. The number of nitrogens with zero attached hydrogens (tertiary/aromatic N) is 5. The van der Waals surface area contributed by atoms with Gasteiger partial charge in [0.15, 0.2) is 0 Å². The summed E-state index contributed by atoms with van der Waals surface area (Å²) in [6.07, 6.45) is -2.28. The molecule has 7 rings (SSSR count). The van der Waals surface area contributed by atoms with E-state index in [4.69, 9.17) is 0 Å². The number of aromatic nitrogens is 2. The van der Waals surface area contributed by atoms with Gasteiger partial charge in [-0.05, 0) is 101 Å². The van der Waals surface area contributed by atoms with Gasteiger partial charge in [-0.15, -0.1) is 0 Å². The molecule has 2 aromatic carbocycles. The monoisotopic (exact) mass is 848 g/mol. The second-order valence-electron chi connectivity index (χ2n) is 16.5. The number of rotatable bonds is 10. The first-order valence-electron chi connectivity index (χ1n) is 19.9. The number of carbonyl (C=O) groups is 2. The maximum atomic E-state index is 15.6. The van der Waals surface area contributed by atoms with Gasteiger partial charge in [-0.2, -0.15) is 18.2 Å². The molecule has 0 spiro atoms. The molecule has 0 saturated carbocycles. The highest BCUT2D eigenvalue weighted by molar-refractivity contribution is 7.89. The number of nitrogens with one attached hydrogen (secondary N) is 3. The molecule has 5 heterocycles. The highest BCUT2D eigenvalue weighted by atomic mass is 32.2. The molecular weight excluding hydrogens is 800 g/mol. The number of carbonyl (C=O) groups excluding carboxylic acids is 2. The molecule has 4 fully saturated rings. The molecule has 4 saturated heterocycles. The Hall–Kier alpha value is -4.46. The average molecular weight is 849 g/mol. The Morgan fingerprint density at radius 3 is 2.44 bits per heavy atom. The van der Waals surface area contributed by atoms with Crippen LogP contribution in [0.25, 0.3) is 0 Å². The van der Waals surface area contributed by atoms with Crippen molar-refractivity contribution in [1.29, 1.82) is 0 Å². The summed E-state index contributed by atoms with van der Waals surface area (Å²) in [5.74, 6) is -2.25. The molecule has 0 radical (unpaired) electrons. The van der Waals surface area contributed by atoms with Gasteiger partial charge < -0.3 is 25.1 Å². The Kier molecular flexibility index (Phi) is 12.2. The molecule has 3 aromatic rings. The Labute approximate surface area is 339 Å². The number of β-amino-alcohol motifs (C(OH)–C–C–N with tert-alkyl or cyclic N) is 1. The molecule has 0 aliphatic carbocycles. The van der Waals surface area contributed by atoms with E-state index < -0.39 is 57.2 Å². The van der Waals surface area contributed by atoms with Gasteiger partial charge in [0.05, 0.1) is 22.5 Å². The average Bonchev–Trinajstić information content (AvgIpc) is 3.16. The van der Waals surface area contributed by atoms with E-state index >= 15 is 8.78 Å². The molecule has 2 amide bonds. The Morgan fingerprint density at radius 2 is 1.78 bits per heavy atom. The van der Waals surface area contributed by atoms with E-state index in [0.29, 0.717) is 62.2 Å². The van der Waals surface area contributed by atoms with Gasteiger partial charge >= 0.3 is 6.18 Å². The Morgan fingerprint density at radius 1 is 1.02 bits per heavy atom. The van der Waals surface area contributed by atoms with Crippen LogP contribution in [0.3, 0.4) is 0 Å². The van der Waals surface area contributed by atoms with Crippen LogP contribution in [0.1, 0.15) is 74.5 Å². The van der Waals surface area contributed by atoms with Crippen molar-refractivity contribution in [2.45, 2.75) is 93.6 Å². The maximum absolute atomic E-state index is 15.6. The van der Waals surface area contributed by atoms with Gasteiger partial charge in [0, 0.05) is 68.8 Å². The number of alkyl halides is 4. The predicted molar refractivity (Wildman–Crippen MR) is 210 cm³/mol. The highest BCUT2D eigenvalue weighted by Crippen LogP contribution is 2.38. The first-order chi connectivity index (χ1) is 27.8. The third-order valence-electron chi connectivity index (χ3n) is 11.8. The number of hydrogen-bond acceptors (Lipinski definition) is 11. The number of aliphatic hydroxyl groups is 1. The van der Waals surface area contributed by atoms with E-state index in [1.807, 2.05) is 4.90 Å². The van der Waals surface area contributed by atoms with Crippen LogP contribution >= 0.6 is 0 Å². The number of hydrogen-bond donors (Lipinski definition) is 4. The molecule has 1 aromatic heterocycles. The van der Waals surface area contributed by atoms with Crippen molar-refractivity contribution in [3.63, 3.8) is 0 Å². The van der Waals surface area contributed by atoms with Crippen molar-refractivity contribution in [2.75, 3.05) is 60.9 Å². The number of sulfonamides is 1. The second-order valence-corrected chi connectivity index (χ2v) is 18.2. The molecule has 1 unspecified atom stereocenters. The lowest BCUT2D eigenvalue weighted by Crippen LogP contribution is -2.53. The van der Waals surface area contributed by atoms with Gasteiger partial charge in [-0.25, -0.2) is 26.9 Å². The van der Waals surface area contributed by atoms with Gasteiger partial charge in [-0.3, -0.25) is 14.9 Å². The smallest absolute Gasteiger partial charge is 0.388 e. The molecule has 4 aliphatic heterocycles. The van der Waals surface area contributed by atoms with Crippen LogP contribution in [-0.2, 0) is 25.8 Å². The number of aryl methyl sites for hydroxylation is 1. The fraction of sp³-hybridized carbons (Fsp3) is 0.550. The molecule has 4 N–H and O–H groups in total. The summed E-state index contributed by atoms with van der Waals surface area (Å²) in [6.45, 7) is 5.96. The summed E-state index contributed by atoms with van der Waals surface area (Å²) in [6, 6.07) is 8.06. The minimum atomic E-state index is -4.73. The zero-order valence-corrected chi connectivity index (χ0v) is 33.7. The zero-order chi connectivity index (χ0) is 42.3. The van der Waals surface area contributed by atoms with E-state index in [2.05, 4.69) is 30.2 Å². The molecule has 59 heavy (non-hydrogen) atoms. The standard InChI is InChI=1S/C40H49F5N8O5S/c1-24-18-27(5-8-33(24)47-38-46-20-30(40(43,44)45)36(49-38)53-14-3-13-39(2,56)23-53)59(57,58)50-34-12-15-51(22-32(34)42)21-25-10-16-52(17-11-25)26-4-6-28(31(41)19-26)29-7-9-35(54)48-37(29)55/h4-6,8,18-20,25,29,32,34,50,56H,3,7,9-17,21-23H2,1-2H3,(H,46,47,49)(H,48,54,55)/t29?,32-,34+,39-/m0/s1. The Balaban J connectivity index is 0.909. The number of halogens is 5. The van der Waals surface area contributed by atoms with Crippen LogP contribution in [0, 0.1) is 18.7 Å². The maximum Gasteiger partial charge on any atom is 0.421 e. The molecule has 320 valence electrons. The van der Waals surface area contributed by atoms with Crippen molar-refractivity contribution in [1.82, 2.24) is 24.9 Å². The summed E-state index contributed by atoms with van der Waals surface area (Å²) >= 11 is 0. The van der Waals surface area contributed by atoms with Crippen molar-refractivity contribution in [3.8, 4) is 0 Å². The van der Waals surface area contributed by atoms with Gasteiger partial charge in [-0.1, -0.05) is 6.07 Å². The van der Waals surface area contributed by atoms with Crippen LogP contribution in [0.15, 0.2) is 47.5 Å². The predicted octanol–water partition coefficient (Wildman–Crippen LogP) is 5.17. The lowest BCUT2D eigenvalue weighted by atomic mass is 9.89. The SMILES string of the molecule is Cc1cc(S(=O)(=O)N[C@@H]2CCN(CC3CCN(c4ccc(C5CCC(=O)NC5=O)c(F)c4)CC3)C[C@@H]2F)ccc1Nc1ncc(C(F)(F)F)c(N2CCC[C@](C)(O)C2)n1. The third-order valence-corrected chi connectivity index (χ3v) is 13.3. The summed E-state index contributed by atoms with van der Waals surface area (Å²) in [5, 5.41) is 15.7. The topological polar surface area (TPSA) is 160 Å².